The summed E-state index contributed by atoms with van der Waals surface area (Å²) in [5, 5.41) is 0. The number of hydrogen-bond acceptors (Lipinski definition) is 2. The Morgan fingerprint density at radius 3 is 2.76 bits per heavy atom. The molecule has 0 aromatic carbocycles. The van der Waals surface area contributed by atoms with Crippen molar-refractivity contribution in [3.05, 3.63) is 23.8 Å². The molecule has 2 nitrogen and oxygen atoms in total. The van der Waals surface area contributed by atoms with E-state index in [1.54, 1.807) is 6.08 Å². The number of fused-ring (bicyclic) bond motifs is 1. The highest BCUT2D eigenvalue weighted by Crippen LogP contribution is 2.46. The van der Waals surface area contributed by atoms with Gasteiger partial charge in [-0.3, -0.25) is 4.79 Å². The van der Waals surface area contributed by atoms with Crippen molar-refractivity contribution in [3.63, 3.8) is 0 Å². The Kier molecular flexibility index (Phi) is 3.03. The quantitative estimate of drug-likeness (QED) is 0.601. The number of allylic oxidation sites excluding steroid dienone is 4. The Hall–Kier alpha value is -0.890. The average Bonchev–Trinajstić information content (AvgIpc) is 2.83. The second-order valence-corrected chi connectivity index (χ2v) is 6.24. The average molecular weight is 234 g/mol. The van der Waals surface area contributed by atoms with Crippen LogP contribution in [0.15, 0.2) is 23.8 Å². The standard InChI is InChI=1S/C15H22O2/c1-11-6-5-8-15(4)13(17-15)10-14(2,3)9-7-12(11)16/h6-7,9,13H,5,8,10H2,1-4H3/b9-7+,11-6-. The summed E-state index contributed by atoms with van der Waals surface area (Å²) in [6, 6.07) is 0. The summed E-state index contributed by atoms with van der Waals surface area (Å²) in [6.45, 7) is 8.40. The number of carbonyl (C=O) groups excluding carboxylic acids is 1. The zero-order valence-electron chi connectivity index (χ0n) is 11.2. The molecule has 0 spiro atoms. The van der Waals surface area contributed by atoms with Gasteiger partial charge in [0.25, 0.3) is 0 Å². The van der Waals surface area contributed by atoms with E-state index >= 15 is 0 Å². The van der Waals surface area contributed by atoms with Crippen LogP contribution in [-0.4, -0.2) is 17.5 Å². The first-order valence-corrected chi connectivity index (χ1v) is 6.41. The Labute approximate surface area is 104 Å². The zero-order valence-corrected chi connectivity index (χ0v) is 11.2. The lowest BCUT2D eigenvalue weighted by atomic mass is 9.84. The van der Waals surface area contributed by atoms with Crippen LogP contribution in [0.3, 0.4) is 0 Å². The van der Waals surface area contributed by atoms with E-state index in [0.29, 0.717) is 6.10 Å². The van der Waals surface area contributed by atoms with Crippen molar-refractivity contribution >= 4 is 5.78 Å². The third kappa shape index (κ3) is 2.86. The van der Waals surface area contributed by atoms with Crippen LogP contribution in [0.5, 0.6) is 0 Å². The minimum Gasteiger partial charge on any atom is -0.366 e. The van der Waals surface area contributed by atoms with Gasteiger partial charge in [0.2, 0.25) is 0 Å². The fraction of sp³-hybridized carbons (Fsp3) is 0.667. The minimum absolute atomic E-state index is 0.0305. The van der Waals surface area contributed by atoms with Crippen molar-refractivity contribution in [2.75, 3.05) is 0 Å². The van der Waals surface area contributed by atoms with Crippen molar-refractivity contribution < 1.29 is 9.53 Å². The summed E-state index contributed by atoms with van der Waals surface area (Å²) < 4.78 is 5.83. The van der Waals surface area contributed by atoms with Crippen molar-refractivity contribution in [3.8, 4) is 0 Å². The first-order valence-electron chi connectivity index (χ1n) is 6.41. The number of hydrogen-bond donors (Lipinski definition) is 0. The molecule has 2 heteroatoms. The molecule has 0 aromatic rings. The topological polar surface area (TPSA) is 29.6 Å². The van der Waals surface area contributed by atoms with E-state index in [1.807, 2.05) is 19.1 Å². The van der Waals surface area contributed by atoms with E-state index in [9.17, 15) is 4.79 Å². The van der Waals surface area contributed by atoms with Crippen molar-refractivity contribution in [1.82, 2.24) is 0 Å². The molecular formula is C15H22O2. The molecule has 17 heavy (non-hydrogen) atoms. The Bertz CT molecular complexity index is 390. The third-order valence-electron chi connectivity index (χ3n) is 3.91. The highest BCUT2D eigenvalue weighted by molar-refractivity contribution is 6.03. The molecule has 0 N–H and O–H groups in total. The van der Waals surface area contributed by atoms with Gasteiger partial charge in [-0.15, -0.1) is 0 Å². The number of carbonyl (C=O) groups is 1. The molecule has 2 atom stereocenters. The molecule has 2 rings (SSSR count). The predicted octanol–water partition coefficient (Wildman–Crippen LogP) is 3.43. The fourth-order valence-corrected chi connectivity index (χ4v) is 2.42. The first-order chi connectivity index (χ1) is 7.82. The maximum Gasteiger partial charge on any atom is 0.180 e. The number of epoxide rings is 1. The highest BCUT2D eigenvalue weighted by atomic mass is 16.6. The highest BCUT2D eigenvalue weighted by Gasteiger charge is 2.52. The molecule has 0 saturated carbocycles. The van der Waals surface area contributed by atoms with Crippen LogP contribution in [-0.2, 0) is 9.53 Å². The van der Waals surface area contributed by atoms with Gasteiger partial charge in [-0.25, -0.2) is 0 Å². The van der Waals surface area contributed by atoms with Gasteiger partial charge in [-0.2, -0.15) is 0 Å². The van der Waals surface area contributed by atoms with Gasteiger partial charge in [-0.1, -0.05) is 26.0 Å². The minimum atomic E-state index is 0.0305. The summed E-state index contributed by atoms with van der Waals surface area (Å²) in [5.74, 6) is 0.139. The van der Waals surface area contributed by atoms with Gasteiger partial charge >= 0.3 is 0 Å². The zero-order chi connectivity index (χ0) is 12.7. The SMILES string of the molecule is C/C1=C/CCC2(C)OC2CC(C)(C)/C=C/C1=O. The van der Waals surface area contributed by atoms with Crippen LogP contribution in [0, 0.1) is 5.41 Å². The van der Waals surface area contributed by atoms with Crippen LogP contribution in [0.2, 0.25) is 0 Å². The maximum atomic E-state index is 11.8. The largest absolute Gasteiger partial charge is 0.366 e. The molecule has 0 bridgehead atoms. The summed E-state index contributed by atoms with van der Waals surface area (Å²) in [6.07, 6.45) is 9.07. The number of ketones is 1. The second kappa shape index (κ2) is 4.09. The molecule has 1 fully saturated rings. The molecule has 94 valence electrons. The lowest BCUT2D eigenvalue weighted by molar-refractivity contribution is -0.111. The number of ether oxygens (including phenoxy) is 1. The first kappa shape index (κ1) is 12.6. The number of rotatable bonds is 0. The lowest BCUT2D eigenvalue weighted by Crippen LogP contribution is -2.17. The van der Waals surface area contributed by atoms with E-state index in [0.717, 1.165) is 24.8 Å². The van der Waals surface area contributed by atoms with Crippen molar-refractivity contribution in [2.24, 2.45) is 5.41 Å². The summed E-state index contributed by atoms with van der Waals surface area (Å²) in [5.41, 5.74) is 0.914. The van der Waals surface area contributed by atoms with Crippen LogP contribution < -0.4 is 0 Å². The van der Waals surface area contributed by atoms with Crippen molar-refractivity contribution in [2.45, 2.75) is 58.7 Å². The Morgan fingerprint density at radius 2 is 2.06 bits per heavy atom. The molecule has 1 aliphatic heterocycles. The van der Waals surface area contributed by atoms with E-state index in [2.05, 4.69) is 20.8 Å². The third-order valence-corrected chi connectivity index (χ3v) is 3.91. The second-order valence-electron chi connectivity index (χ2n) is 6.24. The van der Waals surface area contributed by atoms with E-state index in [-0.39, 0.29) is 16.8 Å². The van der Waals surface area contributed by atoms with Gasteiger partial charge in [-0.05, 0) is 50.2 Å². The molecule has 1 saturated heterocycles. The summed E-state index contributed by atoms with van der Waals surface area (Å²) in [7, 11) is 0. The van der Waals surface area contributed by atoms with Gasteiger partial charge < -0.3 is 4.74 Å². The summed E-state index contributed by atoms with van der Waals surface area (Å²) >= 11 is 0. The Morgan fingerprint density at radius 1 is 1.35 bits per heavy atom. The van der Waals surface area contributed by atoms with Crippen molar-refractivity contribution in [1.29, 1.82) is 0 Å². The van der Waals surface area contributed by atoms with Gasteiger partial charge in [0.15, 0.2) is 5.78 Å². The van der Waals surface area contributed by atoms with E-state index < -0.39 is 0 Å². The molecule has 2 unspecified atom stereocenters. The maximum absolute atomic E-state index is 11.8. The molecular weight excluding hydrogens is 212 g/mol. The smallest absolute Gasteiger partial charge is 0.180 e. The fourth-order valence-electron chi connectivity index (χ4n) is 2.42. The molecule has 1 heterocycles. The van der Waals surface area contributed by atoms with Gasteiger partial charge in [0.1, 0.15) is 0 Å². The molecule has 2 aliphatic rings. The molecule has 1 aliphatic carbocycles. The molecule has 0 radical (unpaired) electrons. The van der Waals surface area contributed by atoms with Gasteiger partial charge in [0, 0.05) is 0 Å². The van der Waals surface area contributed by atoms with E-state index in [1.165, 1.54) is 0 Å². The normalized spacial score (nSPS) is 41.8. The predicted molar refractivity (Wildman–Crippen MR) is 68.8 cm³/mol. The molecule has 0 aromatic heterocycles. The van der Waals surface area contributed by atoms with Crippen LogP contribution in [0.25, 0.3) is 0 Å². The van der Waals surface area contributed by atoms with E-state index in [4.69, 9.17) is 4.74 Å². The van der Waals surface area contributed by atoms with Crippen LogP contribution in [0.1, 0.15) is 47.0 Å². The van der Waals surface area contributed by atoms with Gasteiger partial charge in [0.05, 0.1) is 11.7 Å². The Balaban J connectivity index is 2.21. The van der Waals surface area contributed by atoms with Crippen LogP contribution in [0.4, 0.5) is 0 Å². The monoisotopic (exact) mass is 234 g/mol. The summed E-state index contributed by atoms with van der Waals surface area (Å²) in [4.78, 5) is 11.8. The molecule has 0 amide bonds. The lowest BCUT2D eigenvalue weighted by Gasteiger charge is -2.19. The van der Waals surface area contributed by atoms with Crippen LogP contribution >= 0.6 is 0 Å².